The molecule has 2 amide bonds. The normalized spacial score (nSPS) is 14.3. The summed E-state index contributed by atoms with van der Waals surface area (Å²) in [5.41, 5.74) is 1.20. The lowest BCUT2D eigenvalue weighted by Gasteiger charge is -2.14. The monoisotopic (exact) mass is 604 g/mol. The number of thioether (sulfide) groups is 1. The highest BCUT2D eigenvalue weighted by atomic mass is 79.9. The van der Waals surface area contributed by atoms with Crippen LogP contribution in [0.5, 0.6) is 11.5 Å². The van der Waals surface area contributed by atoms with Crippen LogP contribution in [0.3, 0.4) is 0 Å². The Morgan fingerprint density at radius 2 is 1.72 bits per heavy atom. The van der Waals surface area contributed by atoms with Crippen molar-refractivity contribution in [3.63, 3.8) is 0 Å². The Balaban J connectivity index is 1.28. The van der Waals surface area contributed by atoms with Crippen molar-refractivity contribution in [3.05, 3.63) is 116 Å². The predicted octanol–water partition coefficient (Wildman–Crippen LogP) is 7.20. The summed E-state index contributed by atoms with van der Waals surface area (Å²) in [5.74, 6) is 0.752. The van der Waals surface area contributed by atoms with Crippen molar-refractivity contribution in [1.82, 2.24) is 4.90 Å². The second-order valence-electron chi connectivity index (χ2n) is 8.56. The highest BCUT2D eigenvalue weighted by Crippen LogP contribution is 2.35. The zero-order valence-electron chi connectivity index (χ0n) is 20.4. The molecule has 1 heterocycles. The van der Waals surface area contributed by atoms with Gasteiger partial charge in [0.15, 0.2) is 0 Å². The number of carbonyl (C=O) groups excluding carboxylic acids is 2. The van der Waals surface area contributed by atoms with Crippen LogP contribution in [0.1, 0.15) is 11.1 Å². The molecule has 0 aromatic heterocycles. The molecule has 0 N–H and O–H groups in total. The lowest BCUT2D eigenvalue weighted by atomic mass is 10.1. The fourth-order valence-electron chi connectivity index (χ4n) is 4.09. The lowest BCUT2D eigenvalue weighted by molar-refractivity contribution is -0.384. The Kier molecular flexibility index (Phi) is 7.94. The van der Waals surface area contributed by atoms with E-state index in [1.54, 1.807) is 36.4 Å². The van der Waals surface area contributed by atoms with Crippen LogP contribution in [-0.2, 0) is 11.4 Å². The topological polar surface area (TPSA) is 99.0 Å². The van der Waals surface area contributed by atoms with Gasteiger partial charge in [0.1, 0.15) is 24.7 Å². The van der Waals surface area contributed by atoms with Crippen LogP contribution >= 0.6 is 27.7 Å². The fraction of sp³-hybridized carbons (Fsp3) is 0.103. The van der Waals surface area contributed by atoms with Gasteiger partial charge < -0.3 is 9.47 Å². The van der Waals surface area contributed by atoms with Gasteiger partial charge in [0.2, 0.25) is 0 Å². The molecule has 0 bridgehead atoms. The number of hydrogen-bond acceptors (Lipinski definition) is 7. The number of halogens is 1. The molecule has 4 aromatic rings. The molecule has 0 atom stereocenters. The van der Waals surface area contributed by atoms with Crippen molar-refractivity contribution in [2.45, 2.75) is 6.61 Å². The molecule has 4 aromatic carbocycles. The third kappa shape index (κ3) is 6.13. The highest BCUT2D eigenvalue weighted by Gasteiger charge is 2.35. The van der Waals surface area contributed by atoms with Gasteiger partial charge in [-0.3, -0.25) is 24.6 Å². The number of non-ortho nitro benzene ring substituents is 1. The molecule has 0 aliphatic carbocycles. The average Bonchev–Trinajstić information content (AvgIpc) is 3.20. The summed E-state index contributed by atoms with van der Waals surface area (Å²) in [6.07, 6.45) is 1.62. The first-order chi connectivity index (χ1) is 18.9. The van der Waals surface area contributed by atoms with E-state index in [2.05, 4.69) is 15.9 Å². The molecule has 8 nitrogen and oxygen atoms in total. The summed E-state index contributed by atoms with van der Waals surface area (Å²) >= 11 is 4.29. The molecule has 5 rings (SSSR count). The number of fused-ring (bicyclic) bond motifs is 1. The van der Waals surface area contributed by atoms with E-state index in [0.717, 1.165) is 27.0 Å². The molecule has 0 unspecified atom stereocenters. The Bertz CT molecular complexity index is 1620. The minimum atomic E-state index is -0.461. The summed E-state index contributed by atoms with van der Waals surface area (Å²) in [5, 5.41) is 12.7. The van der Waals surface area contributed by atoms with Gasteiger partial charge in [-0.15, -0.1) is 0 Å². The third-order valence-corrected chi connectivity index (χ3v) is 7.37. The van der Waals surface area contributed by atoms with E-state index in [4.69, 9.17) is 9.47 Å². The first kappa shape index (κ1) is 26.5. The molecule has 1 aliphatic heterocycles. The number of rotatable bonds is 9. The average molecular weight is 605 g/mol. The number of benzene rings is 4. The fourth-order valence-corrected chi connectivity index (χ4v) is 5.32. The van der Waals surface area contributed by atoms with Crippen LogP contribution in [-0.4, -0.2) is 34.1 Å². The van der Waals surface area contributed by atoms with Crippen LogP contribution in [0.15, 0.2) is 94.3 Å². The molecular weight excluding hydrogens is 584 g/mol. The number of ether oxygens (including phenoxy) is 2. The smallest absolute Gasteiger partial charge is 0.293 e. The van der Waals surface area contributed by atoms with Gasteiger partial charge in [0.05, 0.1) is 16.4 Å². The van der Waals surface area contributed by atoms with E-state index in [-0.39, 0.29) is 35.6 Å². The van der Waals surface area contributed by atoms with E-state index in [9.17, 15) is 19.7 Å². The standard InChI is InChI=1S/C29H21BrN2O6S/c30-22-11-12-25(38-18-19-5-3-8-23(15-19)32(35)36)21(16-22)17-27-28(33)31(29(34)39-27)13-14-37-26-10-4-7-20-6-1-2-9-24(20)26/h1-12,15-17H,13-14,18H2/b27-17-. The maximum Gasteiger partial charge on any atom is 0.293 e. The highest BCUT2D eigenvalue weighted by molar-refractivity contribution is 9.10. The molecule has 0 saturated carbocycles. The van der Waals surface area contributed by atoms with Crippen molar-refractivity contribution < 1.29 is 24.0 Å². The van der Waals surface area contributed by atoms with Gasteiger partial charge in [0, 0.05) is 27.6 Å². The molecule has 39 heavy (non-hydrogen) atoms. The number of carbonyl (C=O) groups is 2. The molecular formula is C29H21BrN2O6S. The third-order valence-electron chi connectivity index (χ3n) is 5.97. The van der Waals surface area contributed by atoms with Gasteiger partial charge in [-0.25, -0.2) is 0 Å². The van der Waals surface area contributed by atoms with Crippen LogP contribution < -0.4 is 9.47 Å². The van der Waals surface area contributed by atoms with Crippen LogP contribution in [0.2, 0.25) is 0 Å². The van der Waals surface area contributed by atoms with Crippen LogP contribution in [0, 0.1) is 10.1 Å². The Morgan fingerprint density at radius 3 is 2.56 bits per heavy atom. The van der Waals surface area contributed by atoms with E-state index in [0.29, 0.717) is 22.6 Å². The van der Waals surface area contributed by atoms with Gasteiger partial charge in [0.25, 0.3) is 16.8 Å². The number of nitro benzene ring substituents is 1. The SMILES string of the molecule is O=C1S/C(=C\c2cc(Br)ccc2OCc2cccc([N+](=O)[O-])c2)C(=O)N1CCOc1cccc2ccccc12. The summed E-state index contributed by atoms with van der Waals surface area (Å²) < 4.78 is 12.6. The summed E-state index contributed by atoms with van der Waals surface area (Å²) in [7, 11) is 0. The first-order valence-electron chi connectivity index (χ1n) is 11.9. The van der Waals surface area contributed by atoms with Gasteiger partial charge >= 0.3 is 0 Å². The van der Waals surface area contributed by atoms with Crippen molar-refractivity contribution in [2.75, 3.05) is 13.2 Å². The zero-order valence-corrected chi connectivity index (χ0v) is 22.8. The lowest BCUT2D eigenvalue weighted by Crippen LogP contribution is -2.32. The van der Waals surface area contributed by atoms with Crippen molar-refractivity contribution in [3.8, 4) is 11.5 Å². The van der Waals surface area contributed by atoms with Crippen LogP contribution in [0.4, 0.5) is 10.5 Å². The summed E-state index contributed by atoms with van der Waals surface area (Å²) in [6.45, 7) is 0.366. The number of nitrogens with zero attached hydrogens (tertiary/aromatic N) is 2. The Morgan fingerprint density at radius 1 is 0.923 bits per heavy atom. The molecule has 0 spiro atoms. The molecule has 10 heteroatoms. The summed E-state index contributed by atoms with van der Waals surface area (Å²) in [6, 6.07) is 25.1. The van der Waals surface area contributed by atoms with Crippen molar-refractivity contribution in [2.24, 2.45) is 0 Å². The van der Waals surface area contributed by atoms with Gasteiger partial charge in [-0.1, -0.05) is 64.5 Å². The maximum absolute atomic E-state index is 13.1. The largest absolute Gasteiger partial charge is 0.491 e. The van der Waals surface area contributed by atoms with Crippen LogP contribution in [0.25, 0.3) is 16.8 Å². The second-order valence-corrected chi connectivity index (χ2v) is 10.5. The molecule has 1 aliphatic rings. The Hall–Kier alpha value is -4.15. The zero-order chi connectivity index (χ0) is 27.4. The second kappa shape index (κ2) is 11.7. The molecule has 1 fully saturated rings. The van der Waals surface area contributed by atoms with E-state index >= 15 is 0 Å². The number of imide groups is 1. The molecule has 0 radical (unpaired) electrons. The van der Waals surface area contributed by atoms with Crippen molar-refractivity contribution >= 4 is 61.4 Å². The first-order valence-corrected chi connectivity index (χ1v) is 13.5. The summed E-state index contributed by atoms with van der Waals surface area (Å²) in [4.78, 5) is 37.8. The van der Waals surface area contributed by atoms with E-state index < -0.39 is 10.8 Å². The minimum Gasteiger partial charge on any atom is -0.491 e. The maximum atomic E-state index is 13.1. The van der Waals surface area contributed by atoms with E-state index in [1.807, 2.05) is 42.5 Å². The number of amides is 2. The predicted molar refractivity (Wildman–Crippen MR) is 154 cm³/mol. The molecule has 196 valence electrons. The Labute approximate surface area is 236 Å². The number of hydrogen-bond donors (Lipinski definition) is 0. The van der Waals surface area contributed by atoms with E-state index in [1.165, 1.54) is 17.0 Å². The minimum absolute atomic E-state index is 0.0229. The molecule has 1 saturated heterocycles. The van der Waals surface area contributed by atoms with Gasteiger partial charge in [-0.2, -0.15) is 0 Å². The van der Waals surface area contributed by atoms with Gasteiger partial charge in [-0.05, 0) is 53.1 Å². The van der Waals surface area contributed by atoms with Crippen molar-refractivity contribution in [1.29, 1.82) is 0 Å². The number of nitro groups is 1. The quantitative estimate of drug-likeness (QED) is 0.113.